The van der Waals surface area contributed by atoms with E-state index in [9.17, 15) is 0 Å². The van der Waals surface area contributed by atoms with E-state index in [4.69, 9.17) is 20.9 Å². The van der Waals surface area contributed by atoms with E-state index in [1.54, 1.807) is 12.1 Å². The molecule has 0 saturated heterocycles. The van der Waals surface area contributed by atoms with E-state index in [1.165, 1.54) is 0 Å². The van der Waals surface area contributed by atoms with Gasteiger partial charge in [0.25, 0.3) is 0 Å². The minimum atomic E-state index is 0.675. The molecule has 0 heterocycles. The summed E-state index contributed by atoms with van der Waals surface area (Å²) >= 11 is 0. The molecule has 3 rings (SSSR count). The van der Waals surface area contributed by atoms with Crippen LogP contribution < -0.4 is 20.9 Å². The number of nitrogens with two attached hydrogens (primary N) is 2. The van der Waals surface area contributed by atoms with Crippen molar-refractivity contribution in [1.29, 1.82) is 0 Å². The number of hydrogen-bond acceptors (Lipinski definition) is 4. The van der Waals surface area contributed by atoms with Crippen LogP contribution in [0.5, 0.6) is 23.0 Å². The standard InChI is InChI=1S/C21H22N2O2/c1-13-4-16(22)10-18(6-13)24-20-8-15(3)9-21(12-20)25-19-7-14(2)5-17(23)11-19/h4-12H,22-23H2,1-3H3. The molecule has 25 heavy (non-hydrogen) atoms. The summed E-state index contributed by atoms with van der Waals surface area (Å²) in [6.07, 6.45) is 0. The fourth-order valence-corrected chi connectivity index (χ4v) is 2.77. The van der Waals surface area contributed by atoms with E-state index in [1.807, 2.05) is 63.2 Å². The Labute approximate surface area is 148 Å². The maximum absolute atomic E-state index is 5.96. The van der Waals surface area contributed by atoms with Gasteiger partial charge < -0.3 is 20.9 Å². The van der Waals surface area contributed by atoms with E-state index in [0.29, 0.717) is 34.4 Å². The Bertz CT molecular complexity index is 808. The third-order valence-electron chi connectivity index (χ3n) is 3.64. The SMILES string of the molecule is Cc1cc(N)cc(Oc2cc(C)cc(Oc3cc(C)cc(N)c3)c2)c1. The maximum Gasteiger partial charge on any atom is 0.131 e. The highest BCUT2D eigenvalue weighted by molar-refractivity contribution is 5.51. The third kappa shape index (κ3) is 4.44. The van der Waals surface area contributed by atoms with Crippen molar-refractivity contribution in [2.75, 3.05) is 11.5 Å². The van der Waals surface area contributed by atoms with Crippen LogP contribution in [-0.2, 0) is 0 Å². The molecule has 0 radical (unpaired) electrons. The average Bonchev–Trinajstić information content (AvgIpc) is 2.43. The topological polar surface area (TPSA) is 70.5 Å². The van der Waals surface area contributed by atoms with E-state index >= 15 is 0 Å². The summed E-state index contributed by atoms with van der Waals surface area (Å²) in [7, 11) is 0. The second kappa shape index (κ2) is 6.77. The molecule has 4 heteroatoms. The molecule has 3 aromatic carbocycles. The molecule has 4 N–H and O–H groups in total. The predicted octanol–water partition coefficient (Wildman–Crippen LogP) is 5.36. The third-order valence-corrected chi connectivity index (χ3v) is 3.64. The molecule has 0 fully saturated rings. The summed E-state index contributed by atoms with van der Waals surface area (Å²) < 4.78 is 11.9. The van der Waals surface area contributed by atoms with Gasteiger partial charge >= 0.3 is 0 Å². The molecule has 0 saturated carbocycles. The molecule has 0 aromatic heterocycles. The van der Waals surface area contributed by atoms with Crippen molar-refractivity contribution in [3.05, 3.63) is 71.3 Å². The quantitative estimate of drug-likeness (QED) is 0.630. The largest absolute Gasteiger partial charge is 0.457 e. The molecule has 0 atom stereocenters. The van der Waals surface area contributed by atoms with Crippen molar-refractivity contribution in [2.45, 2.75) is 20.8 Å². The fourth-order valence-electron chi connectivity index (χ4n) is 2.77. The predicted molar refractivity (Wildman–Crippen MR) is 103 cm³/mol. The Morgan fingerprint density at radius 1 is 0.480 bits per heavy atom. The number of ether oxygens (including phenoxy) is 2. The summed E-state index contributed by atoms with van der Waals surface area (Å²) in [6.45, 7) is 5.96. The molecular weight excluding hydrogens is 312 g/mol. The van der Waals surface area contributed by atoms with E-state index < -0.39 is 0 Å². The highest BCUT2D eigenvalue weighted by atomic mass is 16.5. The van der Waals surface area contributed by atoms with Gasteiger partial charge in [0.05, 0.1) is 0 Å². The van der Waals surface area contributed by atoms with Gasteiger partial charge in [0, 0.05) is 29.6 Å². The first-order chi connectivity index (χ1) is 11.9. The normalized spacial score (nSPS) is 10.5. The van der Waals surface area contributed by atoms with Gasteiger partial charge in [0.1, 0.15) is 23.0 Å². The molecule has 0 bridgehead atoms. The van der Waals surface area contributed by atoms with Crippen LogP contribution >= 0.6 is 0 Å². The summed E-state index contributed by atoms with van der Waals surface area (Å²) in [5.41, 5.74) is 16.3. The van der Waals surface area contributed by atoms with Crippen molar-refractivity contribution >= 4 is 11.4 Å². The van der Waals surface area contributed by atoms with Crippen LogP contribution in [0.15, 0.2) is 54.6 Å². The second-order valence-electron chi connectivity index (χ2n) is 6.34. The molecule has 0 amide bonds. The van der Waals surface area contributed by atoms with Gasteiger partial charge in [-0.2, -0.15) is 0 Å². The minimum absolute atomic E-state index is 0.675. The molecular formula is C21H22N2O2. The Morgan fingerprint density at radius 3 is 1.16 bits per heavy atom. The number of nitrogen functional groups attached to an aromatic ring is 2. The molecule has 4 nitrogen and oxygen atoms in total. The number of rotatable bonds is 4. The summed E-state index contributed by atoms with van der Waals surface area (Å²) in [5.74, 6) is 2.80. The van der Waals surface area contributed by atoms with Crippen molar-refractivity contribution in [3.8, 4) is 23.0 Å². The van der Waals surface area contributed by atoms with Gasteiger partial charge in [0.2, 0.25) is 0 Å². The molecule has 0 aliphatic rings. The summed E-state index contributed by atoms with van der Waals surface area (Å²) in [4.78, 5) is 0. The Balaban J connectivity index is 1.87. The van der Waals surface area contributed by atoms with Gasteiger partial charge in [-0.05, 0) is 73.9 Å². The fraction of sp³-hybridized carbons (Fsp3) is 0.143. The van der Waals surface area contributed by atoms with E-state index in [-0.39, 0.29) is 0 Å². The lowest BCUT2D eigenvalue weighted by atomic mass is 10.2. The maximum atomic E-state index is 5.96. The zero-order valence-corrected chi connectivity index (χ0v) is 14.7. The Kier molecular flexibility index (Phi) is 4.52. The zero-order chi connectivity index (χ0) is 18.0. The van der Waals surface area contributed by atoms with Crippen LogP contribution in [0.1, 0.15) is 16.7 Å². The Morgan fingerprint density at radius 2 is 0.800 bits per heavy atom. The molecule has 0 aliphatic heterocycles. The molecule has 0 spiro atoms. The average molecular weight is 334 g/mol. The number of hydrogen-bond donors (Lipinski definition) is 2. The van der Waals surface area contributed by atoms with Gasteiger partial charge in [0.15, 0.2) is 0 Å². The first-order valence-electron chi connectivity index (χ1n) is 8.09. The summed E-state index contributed by atoms with van der Waals surface area (Å²) in [5, 5.41) is 0. The van der Waals surface area contributed by atoms with Crippen LogP contribution in [0.2, 0.25) is 0 Å². The monoisotopic (exact) mass is 334 g/mol. The van der Waals surface area contributed by atoms with Crippen LogP contribution in [0.25, 0.3) is 0 Å². The van der Waals surface area contributed by atoms with Crippen molar-refractivity contribution in [1.82, 2.24) is 0 Å². The summed E-state index contributed by atoms with van der Waals surface area (Å²) in [6, 6.07) is 17.1. The van der Waals surface area contributed by atoms with Crippen LogP contribution in [0.3, 0.4) is 0 Å². The molecule has 0 unspecified atom stereocenters. The van der Waals surface area contributed by atoms with Gasteiger partial charge in [-0.3, -0.25) is 0 Å². The van der Waals surface area contributed by atoms with Crippen molar-refractivity contribution in [3.63, 3.8) is 0 Å². The van der Waals surface area contributed by atoms with Crippen LogP contribution in [0, 0.1) is 20.8 Å². The number of benzene rings is 3. The minimum Gasteiger partial charge on any atom is -0.457 e. The van der Waals surface area contributed by atoms with Gasteiger partial charge in [-0.15, -0.1) is 0 Å². The lowest BCUT2D eigenvalue weighted by Gasteiger charge is -2.12. The first kappa shape index (κ1) is 16.7. The Hall–Kier alpha value is -3.14. The second-order valence-corrected chi connectivity index (χ2v) is 6.34. The molecule has 3 aromatic rings. The van der Waals surface area contributed by atoms with Crippen LogP contribution in [-0.4, -0.2) is 0 Å². The van der Waals surface area contributed by atoms with E-state index in [2.05, 4.69) is 0 Å². The zero-order valence-electron chi connectivity index (χ0n) is 14.7. The van der Waals surface area contributed by atoms with Crippen molar-refractivity contribution < 1.29 is 9.47 Å². The highest BCUT2D eigenvalue weighted by Gasteiger charge is 2.06. The van der Waals surface area contributed by atoms with Crippen LogP contribution in [0.4, 0.5) is 11.4 Å². The lowest BCUT2D eigenvalue weighted by molar-refractivity contribution is 0.459. The number of aryl methyl sites for hydroxylation is 3. The van der Waals surface area contributed by atoms with Crippen molar-refractivity contribution in [2.24, 2.45) is 0 Å². The van der Waals surface area contributed by atoms with Gasteiger partial charge in [-0.1, -0.05) is 0 Å². The lowest BCUT2D eigenvalue weighted by Crippen LogP contribution is -1.92. The molecule has 0 aliphatic carbocycles. The molecule has 128 valence electrons. The number of anilines is 2. The van der Waals surface area contributed by atoms with E-state index in [0.717, 1.165) is 16.7 Å². The van der Waals surface area contributed by atoms with Gasteiger partial charge in [-0.25, -0.2) is 0 Å². The smallest absolute Gasteiger partial charge is 0.131 e. The first-order valence-corrected chi connectivity index (χ1v) is 8.09. The highest BCUT2D eigenvalue weighted by Crippen LogP contribution is 2.32.